The number of anilines is 2. The van der Waals surface area contributed by atoms with E-state index >= 15 is 0 Å². The second-order valence-electron chi connectivity index (χ2n) is 11.9. The van der Waals surface area contributed by atoms with Gasteiger partial charge in [-0.2, -0.15) is 0 Å². The third-order valence-corrected chi connectivity index (χ3v) is 9.55. The predicted molar refractivity (Wildman–Crippen MR) is 190 cm³/mol. The molecule has 1 aliphatic carbocycles. The van der Waals surface area contributed by atoms with Crippen LogP contribution in [0.5, 0.6) is 5.88 Å². The first kappa shape index (κ1) is 33.6. The van der Waals surface area contributed by atoms with Crippen molar-refractivity contribution < 1.29 is 9.47 Å². The van der Waals surface area contributed by atoms with Gasteiger partial charge in [-0.05, 0) is 56.7 Å². The van der Waals surface area contributed by atoms with Gasteiger partial charge in [-0.15, -0.1) is 0 Å². The van der Waals surface area contributed by atoms with Gasteiger partial charge in [-0.25, -0.2) is 19.7 Å². The van der Waals surface area contributed by atoms with Crippen LogP contribution in [0, 0.1) is 6.92 Å². The number of methoxy groups -OCH3 is 1. The topological polar surface area (TPSA) is 139 Å². The van der Waals surface area contributed by atoms with Crippen LogP contribution >= 0.6 is 23.2 Å². The lowest BCUT2D eigenvalue weighted by atomic mass is 9.99. The van der Waals surface area contributed by atoms with Crippen molar-refractivity contribution in [1.29, 1.82) is 0 Å². The molecule has 0 amide bonds. The molecular formula is C35H37Cl2N7O4. The average Bonchev–Trinajstić information content (AvgIpc) is 3.57. The average molecular weight is 691 g/mol. The Morgan fingerprint density at radius 1 is 0.938 bits per heavy atom. The molecule has 0 atom stereocenters. The zero-order valence-corrected chi connectivity index (χ0v) is 28.8. The summed E-state index contributed by atoms with van der Waals surface area (Å²) < 4.78 is 13.0. The van der Waals surface area contributed by atoms with Gasteiger partial charge in [-0.1, -0.05) is 53.5 Å². The molecule has 0 spiro atoms. The lowest BCUT2D eigenvalue weighted by Crippen LogP contribution is -2.37. The fourth-order valence-corrected chi connectivity index (χ4v) is 6.73. The molecule has 4 heterocycles. The van der Waals surface area contributed by atoms with Crippen LogP contribution in [0.15, 0.2) is 52.1 Å². The lowest BCUT2D eigenvalue weighted by molar-refractivity contribution is 0.0866. The molecule has 11 nitrogen and oxygen atoms in total. The summed E-state index contributed by atoms with van der Waals surface area (Å²) in [7, 11) is 4.62. The number of ether oxygens (including phenoxy) is 2. The maximum Gasteiger partial charge on any atom is 0.332 e. The highest BCUT2D eigenvalue weighted by atomic mass is 35.5. The van der Waals surface area contributed by atoms with Crippen LogP contribution in [0.4, 0.5) is 11.5 Å². The number of halogens is 2. The SMILES string of the molecule is COc1nc(-c2cccc(-c3cccc(Nc4nc(C)nc5c4c(=O)n(C)c(=O)n5C)c3Cl)c2Cl)cc2c1CCC2.NC1CCOCC1. The molecule has 7 rings (SSSR count). The highest BCUT2D eigenvalue weighted by Crippen LogP contribution is 2.43. The quantitative estimate of drug-likeness (QED) is 0.237. The molecule has 2 aliphatic rings. The van der Waals surface area contributed by atoms with Crippen molar-refractivity contribution in [1.82, 2.24) is 24.1 Å². The summed E-state index contributed by atoms with van der Waals surface area (Å²) >= 11 is 14.0. The molecule has 1 fully saturated rings. The van der Waals surface area contributed by atoms with E-state index in [9.17, 15) is 9.59 Å². The summed E-state index contributed by atoms with van der Waals surface area (Å²) in [5.74, 6) is 1.28. The zero-order chi connectivity index (χ0) is 34.1. The van der Waals surface area contributed by atoms with Gasteiger partial charge in [0.25, 0.3) is 5.56 Å². The van der Waals surface area contributed by atoms with Crippen LogP contribution in [0.1, 0.15) is 36.2 Å². The van der Waals surface area contributed by atoms with E-state index in [0.29, 0.717) is 39.0 Å². The minimum absolute atomic E-state index is 0.179. The van der Waals surface area contributed by atoms with Gasteiger partial charge in [0.1, 0.15) is 17.0 Å². The van der Waals surface area contributed by atoms with Crippen LogP contribution in [-0.4, -0.2) is 50.5 Å². The Morgan fingerprint density at radius 2 is 1.62 bits per heavy atom. The van der Waals surface area contributed by atoms with E-state index < -0.39 is 11.2 Å². The Balaban J connectivity index is 0.000000510. The number of aryl methyl sites for hydroxylation is 3. The van der Waals surface area contributed by atoms with Gasteiger partial charge < -0.3 is 20.5 Å². The van der Waals surface area contributed by atoms with Gasteiger partial charge in [0.15, 0.2) is 5.65 Å². The molecule has 1 aliphatic heterocycles. The third-order valence-electron chi connectivity index (χ3n) is 8.74. The maximum atomic E-state index is 13.1. The maximum absolute atomic E-state index is 13.1. The van der Waals surface area contributed by atoms with Gasteiger partial charge >= 0.3 is 5.69 Å². The van der Waals surface area contributed by atoms with E-state index in [4.69, 9.17) is 43.4 Å². The van der Waals surface area contributed by atoms with Crippen LogP contribution in [0.3, 0.4) is 0 Å². The summed E-state index contributed by atoms with van der Waals surface area (Å²) in [5.41, 5.74) is 10.6. The van der Waals surface area contributed by atoms with E-state index in [1.54, 1.807) is 27.1 Å². The second-order valence-corrected chi connectivity index (χ2v) is 12.7. The highest BCUT2D eigenvalue weighted by molar-refractivity contribution is 6.39. The molecule has 250 valence electrons. The summed E-state index contributed by atoms with van der Waals surface area (Å²) in [4.78, 5) is 39.2. The summed E-state index contributed by atoms with van der Waals surface area (Å²) in [6.07, 6.45) is 5.09. The first-order chi connectivity index (χ1) is 23.1. The molecule has 0 radical (unpaired) electrons. The van der Waals surface area contributed by atoms with Crippen molar-refractivity contribution in [2.24, 2.45) is 19.8 Å². The number of nitrogens with two attached hydrogens (primary N) is 1. The molecule has 0 unspecified atom stereocenters. The Morgan fingerprint density at radius 3 is 2.31 bits per heavy atom. The Kier molecular flexibility index (Phi) is 9.84. The van der Waals surface area contributed by atoms with E-state index in [-0.39, 0.29) is 16.9 Å². The third kappa shape index (κ3) is 6.43. The molecule has 48 heavy (non-hydrogen) atoms. The molecule has 1 saturated heterocycles. The number of benzene rings is 2. The van der Waals surface area contributed by atoms with Gasteiger partial charge in [0, 0.05) is 55.6 Å². The molecule has 3 N–H and O–H groups in total. The van der Waals surface area contributed by atoms with Crippen LogP contribution in [0.2, 0.25) is 10.0 Å². The van der Waals surface area contributed by atoms with Gasteiger partial charge in [-0.3, -0.25) is 13.9 Å². The fraction of sp³-hybridized carbons (Fsp3) is 0.343. The number of hydrogen-bond acceptors (Lipinski definition) is 9. The smallest absolute Gasteiger partial charge is 0.332 e. The summed E-state index contributed by atoms with van der Waals surface area (Å²) in [6.45, 7) is 3.42. The number of pyridine rings is 1. The lowest BCUT2D eigenvalue weighted by Gasteiger charge is -2.16. The van der Waals surface area contributed by atoms with Crippen LogP contribution in [-0.2, 0) is 31.7 Å². The molecule has 0 saturated carbocycles. The molecule has 13 heteroatoms. The number of fused-ring (bicyclic) bond motifs is 2. The minimum atomic E-state index is -0.508. The summed E-state index contributed by atoms with van der Waals surface area (Å²) in [5, 5.41) is 4.28. The number of rotatable bonds is 5. The van der Waals surface area contributed by atoms with E-state index in [0.717, 1.165) is 72.3 Å². The predicted octanol–water partition coefficient (Wildman–Crippen LogP) is 5.74. The first-order valence-electron chi connectivity index (χ1n) is 15.8. The first-order valence-corrected chi connectivity index (χ1v) is 16.5. The second kappa shape index (κ2) is 14.1. The summed E-state index contributed by atoms with van der Waals surface area (Å²) in [6, 6.07) is 13.7. The number of nitrogens with zero attached hydrogens (tertiary/aromatic N) is 5. The molecule has 5 aromatic rings. The standard InChI is InChI=1S/C30H26Cl2N6O3.C5H11NO/c1-15-33-26(23-27(34-15)37(2)30(40)38(3)29(23)39)35-21-13-7-11-19(25(21)32)18-10-6-12-20(24(18)31)22-14-16-8-5-9-17(16)28(36-22)41-4;6-5-1-3-7-4-2-5/h6-7,10-14H,5,8-9H2,1-4H3,(H,33,34,35);5H,1-4,6H2. The Labute approximate surface area is 287 Å². The normalized spacial score (nSPS) is 14.4. The van der Waals surface area contributed by atoms with Crippen LogP contribution < -0.4 is 27.0 Å². The van der Waals surface area contributed by atoms with Crippen LogP contribution in [0.25, 0.3) is 33.4 Å². The minimum Gasteiger partial charge on any atom is -0.481 e. The Hall–Kier alpha value is -4.29. The van der Waals surface area contributed by atoms with Crippen molar-refractivity contribution in [3.05, 3.63) is 90.3 Å². The molecule has 2 aromatic carbocycles. The van der Waals surface area contributed by atoms with Crippen molar-refractivity contribution in [2.45, 2.75) is 45.1 Å². The highest BCUT2D eigenvalue weighted by Gasteiger charge is 2.22. The van der Waals surface area contributed by atoms with Crippen molar-refractivity contribution in [3.8, 4) is 28.3 Å². The van der Waals surface area contributed by atoms with E-state index in [1.165, 1.54) is 17.2 Å². The van der Waals surface area contributed by atoms with Gasteiger partial charge in [0.05, 0.1) is 28.5 Å². The largest absolute Gasteiger partial charge is 0.481 e. The molecule has 3 aromatic heterocycles. The molecule has 0 bridgehead atoms. The van der Waals surface area contributed by atoms with Gasteiger partial charge in [0.2, 0.25) is 5.88 Å². The van der Waals surface area contributed by atoms with Crippen molar-refractivity contribution >= 4 is 45.7 Å². The monoisotopic (exact) mass is 689 g/mol. The number of aromatic nitrogens is 5. The van der Waals surface area contributed by atoms with E-state index in [1.807, 2.05) is 30.3 Å². The van der Waals surface area contributed by atoms with E-state index in [2.05, 4.69) is 21.4 Å². The number of nitrogens with one attached hydrogen (secondary N) is 1. The number of hydrogen-bond donors (Lipinski definition) is 2. The van der Waals surface area contributed by atoms with Crippen molar-refractivity contribution in [3.63, 3.8) is 0 Å². The zero-order valence-electron chi connectivity index (χ0n) is 27.3. The Bertz CT molecular complexity index is 2140. The fourth-order valence-electron chi connectivity index (χ4n) is 6.13. The van der Waals surface area contributed by atoms with Crippen molar-refractivity contribution in [2.75, 3.05) is 25.6 Å². The molecular weight excluding hydrogens is 653 g/mol.